The molecule has 5 heteroatoms. The Kier molecular flexibility index (Phi) is 7.91. The van der Waals surface area contributed by atoms with E-state index in [2.05, 4.69) is 0 Å². The van der Waals surface area contributed by atoms with Gasteiger partial charge in [0.05, 0.1) is 5.39 Å². The summed E-state index contributed by atoms with van der Waals surface area (Å²) >= 11 is 0. The van der Waals surface area contributed by atoms with E-state index in [0.29, 0.717) is 36.3 Å². The van der Waals surface area contributed by atoms with Crippen molar-refractivity contribution in [1.29, 1.82) is 0 Å². The third-order valence-electron chi connectivity index (χ3n) is 3.11. The second kappa shape index (κ2) is 9.69. The third kappa shape index (κ3) is 5.14. The van der Waals surface area contributed by atoms with Crippen LogP contribution in [0.1, 0.15) is 39.2 Å². The smallest absolute Gasteiger partial charge is 0.347 e. The maximum Gasteiger partial charge on any atom is 0.347 e. The largest absolute Gasteiger partial charge is 0.506 e. The van der Waals surface area contributed by atoms with Crippen molar-refractivity contribution in [3.63, 3.8) is 0 Å². The Morgan fingerprint density at radius 3 is 2.74 bits per heavy atom. The minimum absolute atomic E-state index is 0.0857. The summed E-state index contributed by atoms with van der Waals surface area (Å²) in [5, 5.41) is 10.7. The standard InChI is InChI=1S/C16H19NO4.C2H6/c1-2-20-9-5-6-11(17)10-13-15(18)12-7-3-4-8-14(12)21-16(13)19;1-2/h3-4,7-8,10,18H,2,5-6,9,17H2,1H3;1-2H3/b11-10-;. The summed E-state index contributed by atoms with van der Waals surface area (Å²) in [6, 6.07) is 6.83. The monoisotopic (exact) mass is 319 g/mol. The van der Waals surface area contributed by atoms with Crippen molar-refractivity contribution in [3.05, 3.63) is 45.9 Å². The van der Waals surface area contributed by atoms with Gasteiger partial charge in [-0.2, -0.15) is 0 Å². The lowest BCUT2D eigenvalue weighted by atomic mass is 10.1. The van der Waals surface area contributed by atoms with Crippen molar-refractivity contribution in [3.8, 4) is 5.75 Å². The Bertz CT molecular complexity index is 704. The number of nitrogens with two attached hydrogens (primary N) is 1. The molecule has 3 N–H and O–H groups in total. The molecule has 0 bridgehead atoms. The minimum atomic E-state index is -0.598. The first-order chi connectivity index (χ1) is 11.1. The number of hydrogen-bond acceptors (Lipinski definition) is 5. The second-order valence-electron chi connectivity index (χ2n) is 4.67. The summed E-state index contributed by atoms with van der Waals surface area (Å²) in [5.74, 6) is -0.102. The van der Waals surface area contributed by atoms with Crippen molar-refractivity contribution in [2.75, 3.05) is 13.2 Å². The molecule has 0 amide bonds. The summed E-state index contributed by atoms with van der Waals surface area (Å²) in [5.41, 5.74) is 6.23. The number of allylic oxidation sites excluding steroid dienone is 1. The van der Waals surface area contributed by atoms with Gasteiger partial charge in [-0.3, -0.25) is 0 Å². The fraction of sp³-hybridized carbons (Fsp3) is 0.389. The maximum absolute atomic E-state index is 11.9. The van der Waals surface area contributed by atoms with Gasteiger partial charge in [-0.1, -0.05) is 26.0 Å². The van der Waals surface area contributed by atoms with Gasteiger partial charge in [0.2, 0.25) is 0 Å². The van der Waals surface area contributed by atoms with Gasteiger partial charge >= 0.3 is 5.63 Å². The second-order valence-corrected chi connectivity index (χ2v) is 4.67. The Balaban J connectivity index is 0.00000127. The summed E-state index contributed by atoms with van der Waals surface area (Å²) in [7, 11) is 0. The highest BCUT2D eigenvalue weighted by atomic mass is 16.5. The molecule has 0 aliphatic heterocycles. The molecular formula is C18H25NO4. The van der Waals surface area contributed by atoms with Gasteiger partial charge < -0.3 is 20.0 Å². The van der Waals surface area contributed by atoms with Gasteiger partial charge in [0.25, 0.3) is 0 Å². The van der Waals surface area contributed by atoms with Crippen molar-refractivity contribution in [2.45, 2.75) is 33.6 Å². The van der Waals surface area contributed by atoms with Gasteiger partial charge in [0.1, 0.15) is 16.9 Å². The summed E-state index contributed by atoms with van der Waals surface area (Å²) < 4.78 is 10.4. The first kappa shape index (κ1) is 18.8. The quantitative estimate of drug-likeness (QED) is 0.627. The number of fused-ring (bicyclic) bond motifs is 1. The Labute approximate surface area is 136 Å². The molecule has 0 radical (unpaired) electrons. The molecule has 0 aliphatic rings. The molecule has 2 rings (SSSR count). The molecule has 0 saturated carbocycles. The fourth-order valence-corrected chi connectivity index (χ4v) is 2.06. The molecule has 23 heavy (non-hydrogen) atoms. The molecular weight excluding hydrogens is 294 g/mol. The van der Waals surface area contributed by atoms with Crippen LogP contribution < -0.4 is 11.4 Å². The molecule has 1 heterocycles. The molecule has 0 fully saturated rings. The number of hydrogen-bond donors (Lipinski definition) is 2. The number of rotatable bonds is 6. The summed E-state index contributed by atoms with van der Waals surface area (Å²) in [4.78, 5) is 11.9. The average molecular weight is 319 g/mol. The molecule has 0 unspecified atom stereocenters. The zero-order chi connectivity index (χ0) is 17.2. The Morgan fingerprint density at radius 1 is 1.35 bits per heavy atom. The van der Waals surface area contributed by atoms with Crippen LogP contribution in [-0.4, -0.2) is 18.3 Å². The molecule has 0 spiro atoms. The highest BCUT2D eigenvalue weighted by molar-refractivity contribution is 5.86. The first-order valence-electron chi connectivity index (χ1n) is 7.92. The van der Waals surface area contributed by atoms with Crippen LogP contribution in [0.5, 0.6) is 5.75 Å². The highest BCUT2D eigenvalue weighted by Gasteiger charge is 2.11. The zero-order valence-corrected chi connectivity index (χ0v) is 14.0. The van der Waals surface area contributed by atoms with Crippen molar-refractivity contribution in [1.82, 2.24) is 0 Å². The number of aromatic hydroxyl groups is 1. The molecule has 0 atom stereocenters. The predicted octanol–water partition coefficient (Wildman–Crippen LogP) is 3.64. The third-order valence-corrected chi connectivity index (χ3v) is 3.11. The van der Waals surface area contributed by atoms with E-state index in [0.717, 1.165) is 6.42 Å². The van der Waals surface area contributed by atoms with Crippen molar-refractivity contribution < 1.29 is 14.3 Å². The number of ether oxygens (including phenoxy) is 1. The highest BCUT2D eigenvalue weighted by Crippen LogP contribution is 2.27. The number of para-hydroxylation sites is 1. The molecule has 1 aromatic carbocycles. The van der Waals surface area contributed by atoms with Crippen molar-refractivity contribution in [2.24, 2.45) is 5.73 Å². The van der Waals surface area contributed by atoms with E-state index in [-0.39, 0.29) is 11.3 Å². The van der Waals surface area contributed by atoms with Crippen LogP contribution in [0.3, 0.4) is 0 Å². The minimum Gasteiger partial charge on any atom is -0.506 e. The Hall–Kier alpha value is -2.27. The predicted molar refractivity (Wildman–Crippen MR) is 93.4 cm³/mol. The first-order valence-corrected chi connectivity index (χ1v) is 7.92. The van der Waals surface area contributed by atoms with Gasteiger partial charge in [-0.15, -0.1) is 0 Å². The van der Waals surface area contributed by atoms with E-state index in [1.54, 1.807) is 24.3 Å². The molecule has 1 aromatic heterocycles. The van der Waals surface area contributed by atoms with Crippen LogP contribution in [0.25, 0.3) is 17.0 Å². The summed E-state index contributed by atoms with van der Waals surface area (Å²) in [6.07, 6.45) is 2.82. The van der Waals surface area contributed by atoms with E-state index in [4.69, 9.17) is 14.9 Å². The lowest BCUT2D eigenvalue weighted by molar-refractivity contribution is 0.145. The van der Waals surface area contributed by atoms with E-state index >= 15 is 0 Å². The van der Waals surface area contributed by atoms with Gasteiger partial charge in [-0.25, -0.2) is 4.79 Å². The van der Waals surface area contributed by atoms with Crippen LogP contribution in [-0.2, 0) is 4.74 Å². The SMILES string of the molecule is CC.CCOCCC/C(N)=C/c1c(O)c2ccccc2oc1=O. The molecule has 0 aliphatic carbocycles. The maximum atomic E-state index is 11.9. The van der Waals surface area contributed by atoms with Crippen LogP contribution in [0, 0.1) is 0 Å². The van der Waals surface area contributed by atoms with Crippen molar-refractivity contribution >= 4 is 17.0 Å². The summed E-state index contributed by atoms with van der Waals surface area (Å²) in [6.45, 7) is 7.21. The van der Waals surface area contributed by atoms with E-state index in [1.807, 2.05) is 20.8 Å². The molecule has 126 valence electrons. The average Bonchev–Trinajstić information content (AvgIpc) is 2.57. The lowest BCUT2D eigenvalue weighted by Gasteiger charge is -2.05. The Morgan fingerprint density at radius 2 is 2.04 bits per heavy atom. The van der Waals surface area contributed by atoms with E-state index in [9.17, 15) is 9.90 Å². The molecule has 5 nitrogen and oxygen atoms in total. The fourth-order valence-electron chi connectivity index (χ4n) is 2.06. The topological polar surface area (TPSA) is 85.7 Å². The molecule has 2 aromatic rings. The van der Waals surface area contributed by atoms with E-state index in [1.165, 1.54) is 6.08 Å². The van der Waals surface area contributed by atoms with Crippen LogP contribution in [0.2, 0.25) is 0 Å². The zero-order valence-electron chi connectivity index (χ0n) is 14.0. The van der Waals surface area contributed by atoms with Gasteiger partial charge in [0, 0.05) is 18.9 Å². The molecule has 0 saturated heterocycles. The van der Waals surface area contributed by atoms with Gasteiger partial charge in [0.15, 0.2) is 0 Å². The lowest BCUT2D eigenvalue weighted by Crippen LogP contribution is -2.07. The normalized spacial score (nSPS) is 11.2. The van der Waals surface area contributed by atoms with E-state index < -0.39 is 5.63 Å². The van der Waals surface area contributed by atoms with Crippen LogP contribution >= 0.6 is 0 Å². The number of benzene rings is 1. The van der Waals surface area contributed by atoms with Crippen LogP contribution in [0.4, 0.5) is 0 Å². The van der Waals surface area contributed by atoms with Gasteiger partial charge in [-0.05, 0) is 38.0 Å². The van der Waals surface area contributed by atoms with Crippen LogP contribution in [0.15, 0.2) is 39.2 Å².